The monoisotopic (exact) mass is 494 g/mol. The van der Waals surface area contributed by atoms with Gasteiger partial charge < -0.3 is 14.8 Å². The first-order valence-electron chi connectivity index (χ1n) is 11.4. The average Bonchev–Trinajstić information content (AvgIpc) is 3.49. The predicted molar refractivity (Wildman–Crippen MR) is 132 cm³/mol. The van der Waals surface area contributed by atoms with Gasteiger partial charge >= 0.3 is 0 Å². The Morgan fingerprint density at radius 1 is 1.17 bits per heavy atom. The Hall–Kier alpha value is -3.73. The van der Waals surface area contributed by atoms with E-state index in [-0.39, 0.29) is 29.3 Å². The normalized spacial score (nSPS) is 15.3. The molecule has 0 bridgehead atoms. The highest BCUT2D eigenvalue weighted by molar-refractivity contribution is 7.99. The molecule has 1 atom stereocenters. The van der Waals surface area contributed by atoms with Crippen molar-refractivity contribution in [3.8, 4) is 0 Å². The molecule has 1 N–H and O–H groups in total. The van der Waals surface area contributed by atoms with Gasteiger partial charge in [0.2, 0.25) is 5.91 Å². The van der Waals surface area contributed by atoms with Crippen LogP contribution in [0.5, 0.6) is 0 Å². The minimum absolute atomic E-state index is 0.00654. The molecule has 3 aromatic rings. The molecule has 4 rings (SSSR count). The number of carbonyl (C=O) groups excluding carboxylic acids is 2. The lowest BCUT2D eigenvalue weighted by molar-refractivity contribution is -0.384. The van der Waals surface area contributed by atoms with Gasteiger partial charge in [-0.25, -0.2) is 0 Å². The van der Waals surface area contributed by atoms with Gasteiger partial charge in [0.1, 0.15) is 0 Å². The van der Waals surface area contributed by atoms with E-state index < -0.39 is 4.92 Å². The van der Waals surface area contributed by atoms with E-state index in [2.05, 4.69) is 15.5 Å². The van der Waals surface area contributed by atoms with E-state index >= 15 is 0 Å². The summed E-state index contributed by atoms with van der Waals surface area (Å²) in [5, 5.41) is 22.8. The topological polar surface area (TPSA) is 123 Å². The molecule has 0 radical (unpaired) electrons. The summed E-state index contributed by atoms with van der Waals surface area (Å²) in [4.78, 5) is 37.9. The Labute approximate surface area is 206 Å². The average molecular weight is 495 g/mol. The number of nitrogens with zero attached hydrogens (tertiary/aromatic N) is 5. The van der Waals surface area contributed by atoms with Crippen LogP contribution in [0.3, 0.4) is 0 Å². The molecule has 1 aromatic heterocycles. The number of aromatic nitrogens is 3. The van der Waals surface area contributed by atoms with Gasteiger partial charge in [0.25, 0.3) is 11.6 Å². The number of non-ortho nitro benzene ring substituents is 1. The molecule has 0 saturated carbocycles. The van der Waals surface area contributed by atoms with Gasteiger partial charge in [-0.1, -0.05) is 30.0 Å². The first-order chi connectivity index (χ1) is 16.9. The fourth-order valence-electron chi connectivity index (χ4n) is 4.19. The van der Waals surface area contributed by atoms with Crippen LogP contribution < -0.4 is 5.32 Å². The summed E-state index contributed by atoms with van der Waals surface area (Å²) < 4.78 is 1.96. The molecule has 0 spiro atoms. The molecule has 2 aromatic carbocycles. The predicted octanol–water partition coefficient (Wildman–Crippen LogP) is 4.22. The summed E-state index contributed by atoms with van der Waals surface area (Å²) in [6.45, 7) is 5.19. The van der Waals surface area contributed by atoms with Gasteiger partial charge in [-0.2, -0.15) is 0 Å². The molecule has 1 aliphatic heterocycles. The standard InChI is InChI=1S/C24H26N6O4S/c1-3-28-22(20-9-6-14-29(20)23(32)19-8-5-4-7-16(19)2)26-27-24(28)35-15-21(31)25-17-10-12-18(13-11-17)30(33)34/h4-5,7-8,10-13,20H,3,6,9,14-15H2,1-2H3,(H,25,31). The molecule has 1 aliphatic rings. The number of hydrogen-bond acceptors (Lipinski definition) is 7. The first kappa shape index (κ1) is 24.4. The Kier molecular flexibility index (Phi) is 7.45. The van der Waals surface area contributed by atoms with Crippen molar-refractivity contribution < 1.29 is 14.5 Å². The maximum Gasteiger partial charge on any atom is 0.269 e. The summed E-state index contributed by atoms with van der Waals surface area (Å²) in [7, 11) is 0. The maximum absolute atomic E-state index is 13.3. The molecule has 1 fully saturated rings. The number of nitrogens with one attached hydrogen (secondary N) is 1. The second-order valence-electron chi connectivity index (χ2n) is 8.20. The van der Waals surface area contributed by atoms with Gasteiger partial charge in [0, 0.05) is 36.5 Å². The van der Waals surface area contributed by atoms with Crippen LogP contribution in [-0.4, -0.2) is 48.7 Å². The van der Waals surface area contributed by atoms with Crippen molar-refractivity contribution in [1.29, 1.82) is 0 Å². The maximum atomic E-state index is 13.3. The van der Waals surface area contributed by atoms with Crippen LogP contribution >= 0.6 is 11.8 Å². The summed E-state index contributed by atoms with van der Waals surface area (Å²) in [5.74, 6) is 0.567. The number of nitro groups is 1. The third kappa shape index (κ3) is 5.35. The number of hydrogen-bond donors (Lipinski definition) is 1. The fraction of sp³-hybridized carbons (Fsp3) is 0.333. The zero-order chi connectivity index (χ0) is 24.9. The van der Waals surface area contributed by atoms with Crippen LogP contribution in [0.2, 0.25) is 0 Å². The van der Waals surface area contributed by atoms with Crippen molar-refractivity contribution in [2.75, 3.05) is 17.6 Å². The van der Waals surface area contributed by atoms with Crippen LogP contribution in [0, 0.1) is 17.0 Å². The van der Waals surface area contributed by atoms with E-state index in [1.165, 1.54) is 36.0 Å². The quantitative estimate of drug-likeness (QED) is 0.282. The Morgan fingerprint density at radius 3 is 2.60 bits per heavy atom. The van der Waals surface area contributed by atoms with Gasteiger partial charge in [0.15, 0.2) is 11.0 Å². The molecule has 2 amide bonds. The van der Waals surface area contributed by atoms with Crippen LogP contribution in [0.25, 0.3) is 0 Å². The molecule has 182 valence electrons. The van der Waals surface area contributed by atoms with Crippen molar-refractivity contribution in [3.63, 3.8) is 0 Å². The van der Waals surface area contributed by atoms with Crippen molar-refractivity contribution in [2.45, 2.75) is 44.4 Å². The number of thioether (sulfide) groups is 1. The molecular weight excluding hydrogens is 468 g/mol. The van der Waals surface area contributed by atoms with Crippen LogP contribution in [-0.2, 0) is 11.3 Å². The number of rotatable bonds is 8. The lowest BCUT2D eigenvalue weighted by Crippen LogP contribution is -2.32. The van der Waals surface area contributed by atoms with Crippen molar-refractivity contribution >= 4 is 35.0 Å². The Bertz CT molecular complexity index is 1240. The molecular formula is C24H26N6O4S. The van der Waals surface area contributed by atoms with E-state index in [9.17, 15) is 19.7 Å². The molecule has 1 unspecified atom stereocenters. The zero-order valence-electron chi connectivity index (χ0n) is 19.5. The number of likely N-dealkylation sites (tertiary alicyclic amines) is 1. The minimum Gasteiger partial charge on any atom is -0.328 e. The third-order valence-corrected chi connectivity index (χ3v) is 6.91. The van der Waals surface area contributed by atoms with E-state index in [1.807, 2.05) is 47.6 Å². The Morgan fingerprint density at radius 2 is 1.91 bits per heavy atom. The Balaban J connectivity index is 1.44. The SMILES string of the molecule is CCn1c(SCC(=O)Nc2ccc([N+](=O)[O-])cc2)nnc1C1CCCN1C(=O)c1ccccc1C. The second kappa shape index (κ2) is 10.7. The van der Waals surface area contributed by atoms with Gasteiger partial charge in [-0.15, -0.1) is 10.2 Å². The highest BCUT2D eigenvalue weighted by Gasteiger charge is 2.35. The van der Waals surface area contributed by atoms with Crippen molar-refractivity contribution in [3.05, 3.63) is 75.6 Å². The lowest BCUT2D eigenvalue weighted by Gasteiger charge is -2.25. The van der Waals surface area contributed by atoms with Gasteiger partial charge in [0.05, 0.1) is 16.7 Å². The van der Waals surface area contributed by atoms with E-state index in [4.69, 9.17) is 0 Å². The molecule has 35 heavy (non-hydrogen) atoms. The summed E-state index contributed by atoms with van der Waals surface area (Å²) in [6.07, 6.45) is 1.69. The van der Waals surface area contributed by atoms with Gasteiger partial charge in [-0.05, 0) is 50.5 Å². The summed E-state index contributed by atoms with van der Waals surface area (Å²) in [5.41, 5.74) is 2.08. The third-order valence-electron chi connectivity index (χ3n) is 5.94. The van der Waals surface area contributed by atoms with Crippen LogP contribution in [0.4, 0.5) is 11.4 Å². The smallest absolute Gasteiger partial charge is 0.269 e. The van der Waals surface area contributed by atoms with Gasteiger partial charge in [-0.3, -0.25) is 19.7 Å². The minimum atomic E-state index is -0.489. The largest absolute Gasteiger partial charge is 0.328 e. The van der Waals surface area contributed by atoms with Crippen LogP contribution in [0.1, 0.15) is 47.6 Å². The number of anilines is 1. The zero-order valence-corrected chi connectivity index (χ0v) is 20.3. The molecule has 0 aliphatic carbocycles. The molecule has 11 heteroatoms. The van der Waals surface area contributed by atoms with E-state index in [0.29, 0.717) is 29.5 Å². The van der Waals surface area contributed by atoms with Crippen molar-refractivity contribution in [1.82, 2.24) is 19.7 Å². The van der Waals surface area contributed by atoms with E-state index in [1.54, 1.807) is 0 Å². The van der Waals surface area contributed by atoms with Crippen LogP contribution in [0.15, 0.2) is 53.7 Å². The molecule has 10 nitrogen and oxygen atoms in total. The number of benzene rings is 2. The molecule has 2 heterocycles. The number of aryl methyl sites for hydroxylation is 1. The second-order valence-corrected chi connectivity index (χ2v) is 9.14. The summed E-state index contributed by atoms with van der Waals surface area (Å²) in [6, 6.07) is 13.1. The number of nitro benzene ring substituents is 1. The van der Waals surface area contributed by atoms with Crippen molar-refractivity contribution in [2.24, 2.45) is 0 Å². The van der Waals surface area contributed by atoms with E-state index in [0.717, 1.165) is 24.2 Å². The highest BCUT2D eigenvalue weighted by atomic mass is 32.2. The number of carbonyl (C=O) groups is 2. The lowest BCUT2D eigenvalue weighted by atomic mass is 10.1. The first-order valence-corrected chi connectivity index (χ1v) is 12.3. The molecule has 1 saturated heterocycles. The fourth-order valence-corrected chi connectivity index (χ4v) is 5.00. The number of amides is 2. The summed E-state index contributed by atoms with van der Waals surface area (Å²) >= 11 is 1.26. The highest BCUT2D eigenvalue weighted by Crippen LogP contribution is 2.34.